The molecule has 6 nitrogen and oxygen atoms in total. The second-order valence-corrected chi connectivity index (χ2v) is 5.64. The Labute approximate surface area is 132 Å². The minimum atomic E-state index is -0.289. The average molecular weight is 316 g/mol. The van der Waals surface area contributed by atoms with Crippen molar-refractivity contribution in [3.63, 3.8) is 0 Å². The fourth-order valence-corrected chi connectivity index (χ4v) is 2.46. The van der Waals surface area contributed by atoms with Crippen LogP contribution >= 0.6 is 11.3 Å². The number of unbranched alkanes of at least 4 members (excludes halogenated alkanes) is 1. The van der Waals surface area contributed by atoms with Gasteiger partial charge in [0.15, 0.2) is 6.61 Å². The number of anilines is 1. The molecule has 0 saturated carbocycles. The van der Waals surface area contributed by atoms with Crippen molar-refractivity contribution in [1.82, 2.24) is 10.2 Å². The molecule has 2 aromatic rings. The molecule has 1 amide bonds. The first kappa shape index (κ1) is 15.9. The standard InChI is InChI=1S/C15H16N4O2S/c1-2-3-4-14-18-19-15(22-14)17-13(20)10-21-12-7-5-11(9-16)6-8-12/h5-8H,2-4,10H2,1H3,(H,17,19,20). The van der Waals surface area contributed by atoms with Gasteiger partial charge in [-0.1, -0.05) is 24.7 Å². The van der Waals surface area contributed by atoms with Gasteiger partial charge < -0.3 is 4.74 Å². The Balaban J connectivity index is 1.79. The van der Waals surface area contributed by atoms with Gasteiger partial charge in [-0.15, -0.1) is 10.2 Å². The lowest BCUT2D eigenvalue weighted by atomic mass is 10.2. The molecule has 114 valence electrons. The number of hydrogen-bond acceptors (Lipinski definition) is 6. The number of nitrogens with one attached hydrogen (secondary N) is 1. The molecule has 0 unspecified atom stereocenters. The Morgan fingerprint density at radius 1 is 1.36 bits per heavy atom. The first-order valence-electron chi connectivity index (χ1n) is 6.96. The zero-order valence-corrected chi connectivity index (χ0v) is 13.0. The number of nitrogens with zero attached hydrogens (tertiary/aromatic N) is 3. The highest BCUT2D eigenvalue weighted by Crippen LogP contribution is 2.17. The highest BCUT2D eigenvalue weighted by atomic mass is 32.1. The molecule has 0 spiro atoms. The van der Waals surface area contributed by atoms with Gasteiger partial charge >= 0.3 is 0 Å². The molecule has 1 aromatic carbocycles. The number of aromatic nitrogens is 2. The molecule has 0 bridgehead atoms. The van der Waals surface area contributed by atoms with Crippen molar-refractivity contribution in [2.24, 2.45) is 0 Å². The number of rotatable bonds is 7. The van der Waals surface area contributed by atoms with Crippen molar-refractivity contribution < 1.29 is 9.53 Å². The predicted octanol–water partition coefficient (Wildman–Crippen LogP) is 2.77. The second kappa shape index (κ2) is 8.10. The van der Waals surface area contributed by atoms with Gasteiger partial charge in [0.2, 0.25) is 5.13 Å². The van der Waals surface area contributed by atoms with Gasteiger partial charge in [0, 0.05) is 6.42 Å². The summed E-state index contributed by atoms with van der Waals surface area (Å²) in [5.74, 6) is 0.248. The van der Waals surface area contributed by atoms with E-state index in [4.69, 9.17) is 10.00 Å². The molecule has 0 aliphatic rings. The highest BCUT2D eigenvalue weighted by molar-refractivity contribution is 7.15. The van der Waals surface area contributed by atoms with Crippen LogP contribution in [-0.2, 0) is 11.2 Å². The Bertz CT molecular complexity index is 661. The number of carbonyl (C=O) groups excluding carboxylic acids is 1. The van der Waals surface area contributed by atoms with E-state index in [2.05, 4.69) is 22.4 Å². The lowest BCUT2D eigenvalue weighted by Crippen LogP contribution is -2.20. The number of amides is 1. The van der Waals surface area contributed by atoms with Crippen molar-refractivity contribution in [2.75, 3.05) is 11.9 Å². The van der Waals surface area contributed by atoms with Crippen LogP contribution in [0.4, 0.5) is 5.13 Å². The Morgan fingerprint density at radius 2 is 2.14 bits per heavy atom. The largest absolute Gasteiger partial charge is 0.484 e. The van der Waals surface area contributed by atoms with Gasteiger partial charge in [-0.25, -0.2) is 0 Å². The van der Waals surface area contributed by atoms with Crippen LogP contribution in [0.3, 0.4) is 0 Å². The van der Waals surface area contributed by atoms with Gasteiger partial charge in [-0.3, -0.25) is 10.1 Å². The lowest BCUT2D eigenvalue weighted by Gasteiger charge is -2.05. The summed E-state index contributed by atoms with van der Waals surface area (Å²) in [7, 11) is 0. The monoisotopic (exact) mass is 316 g/mol. The summed E-state index contributed by atoms with van der Waals surface area (Å²) in [6.45, 7) is 2.00. The summed E-state index contributed by atoms with van der Waals surface area (Å²) < 4.78 is 5.35. The average Bonchev–Trinajstić information content (AvgIpc) is 2.98. The van der Waals surface area contributed by atoms with Gasteiger partial charge in [0.1, 0.15) is 10.8 Å². The van der Waals surface area contributed by atoms with Gasteiger partial charge in [-0.2, -0.15) is 5.26 Å². The molecule has 0 saturated heterocycles. The molecule has 1 heterocycles. The first-order valence-corrected chi connectivity index (χ1v) is 7.78. The number of aryl methyl sites for hydroxylation is 1. The SMILES string of the molecule is CCCCc1nnc(NC(=O)COc2ccc(C#N)cc2)s1. The van der Waals surface area contributed by atoms with Crippen LogP contribution < -0.4 is 10.1 Å². The maximum Gasteiger partial charge on any atom is 0.264 e. The minimum absolute atomic E-state index is 0.115. The second-order valence-electron chi connectivity index (χ2n) is 4.58. The van der Waals surface area contributed by atoms with Gasteiger partial charge in [0.05, 0.1) is 11.6 Å². The van der Waals surface area contributed by atoms with Crippen LogP contribution in [-0.4, -0.2) is 22.7 Å². The third-order valence-corrected chi connectivity index (χ3v) is 3.71. The molecule has 7 heteroatoms. The third kappa shape index (κ3) is 4.82. The summed E-state index contributed by atoms with van der Waals surface area (Å²) in [5, 5.41) is 20.7. The molecule has 0 atom stereocenters. The number of carbonyl (C=O) groups is 1. The van der Waals surface area contributed by atoms with E-state index in [1.807, 2.05) is 6.07 Å². The smallest absolute Gasteiger partial charge is 0.264 e. The van der Waals surface area contributed by atoms with Crippen LogP contribution in [0.1, 0.15) is 30.3 Å². The van der Waals surface area contributed by atoms with E-state index in [0.29, 0.717) is 16.4 Å². The first-order chi connectivity index (χ1) is 10.7. The summed E-state index contributed by atoms with van der Waals surface area (Å²) in [5.41, 5.74) is 0.547. The van der Waals surface area contributed by atoms with Crippen LogP contribution in [0.25, 0.3) is 0 Å². The molecular formula is C15H16N4O2S. The molecule has 22 heavy (non-hydrogen) atoms. The van der Waals surface area contributed by atoms with Gasteiger partial charge in [0.25, 0.3) is 5.91 Å². The van der Waals surface area contributed by atoms with Crippen molar-refractivity contribution in [1.29, 1.82) is 5.26 Å². The van der Waals surface area contributed by atoms with E-state index in [1.165, 1.54) is 11.3 Å². The third-order valence-electron chi connectivity index (χ3n) is 2.81. The van der Waals surface area contributed by atoms with Gasteiger partial charge in [-0.05, 0) is 30.7 Å². The quantitative estimate of drug-likeness (QED) is 0.848. The van der Waals surface area contributed by atoms with E-state index in [1.54, 1.807) is 24.3 Å². The molecule has 0 radical (unpaired) electrons. The van der Waals surface area contributed by atoms with Crippen LogP contribution in [0.2, 0.25) is 0 Å². The van der Waals surface area contributed by atoms with Crippen LogP contribution in [0, 0.1) is 11.3 Å². The summed E-state index contributed by atoms with van der Waals surface area (Å²) in [4.78, 5) is 11.8. The predicted molar refractivity (Wildman–Crippen MR) is 83.8 cm³/mol. The van der Waals surface area contributed by atoms with Crippen LogP contribution in [0.5, 0.6) is 5.75 Å². The molecular weight excluding hydrogens is 300 g/mol. The van der Waals surface area contributed by atoms with E-state index in [-0.39, 0.29) is 12.5 Å². The minimum Gasteiger partial charge on any atom is -0.484 e. The van der Waals surface area contributed by atoms with E-state index >= 15 is 0 Å². The van der Waals surface area contributed by atoms with E-state index in [9.17, 15) is 4.79 Å². The Kier molecular flexibility index (Phi) is 5.86. The molecule has 0 fully saturated rings. The number of benzene rings is 1. The topological polar surface area (TPSA) is 87.9 Å². The van der Waals surface area contributed by atoms with Crippen molar-refractivity contribution in [3.05, 3.63) is 34.8 Å². The zero-order valence-electron chi connectivity index (χ0n) is 12.2. The molecule has 0 aliphatic carbocycles. The summed E-state index contributed by atoms with van der Waals surface area (Å²) in [6.07, 6.45) is 3.04. The summed E-state index contributed by atoms with van der Waals surface area (Å²) in [6, 6.07) is 8.60. The molecule has 0 aliphatic heterocycles. The van der Waals surface area contributed by atoms with E-state index in [0.717, 1.165) is 24.3 Å². The summed E-state index contributed by atoms with van der Waals surface area (Å²) >= 11 is 1.38. The van der Waals surface area contributed by atoms with Crippen molar-refractivity contribution in [3.8, 4) is 11.8 Å². The Hall–Kier alpha value is -2.46. The fourth-order valence-electron chi connectivity index (χ4n) is 1.66. The number of hydrogen-bond donors (Lipinski definition) is 1. The maximum absolute atomic E-state index is 11.8. The van der Waals surface area contributed by atoms with E-state index < -0.39 is 0 Å². The molecule has 1 N–H and O–H groups in total. The number of nitriles is 1. The van der Waals surface area contributed by atoms with Crippen molar-refractivity contribution >= 4 is 22.4 Å². The Morgan fingerprint density at radius 3 is 2.82 bits per heavy atom. The fraction of sp³-hybridized carbons (Fsp3) is 0.333. The normalized spacial score (nSPS) is 10.0. The van der Waals surface area contributed by atoms with Crippen molar-refractivity contribution in [2.45, 2.75) is 26.2 Å². The van der Waals surface area contributed by atoms with Crippen LogP contribution in [0.15, 0.2) is 24.3 Å². The lowest BCUT2D eigenvalue weighted by molar-refractivity contribution is -0.118. The molecule has 2 rings (SSSR count). The highest BCUT2D eigenvalue weighted by Gasteiger charge is 2.08. The maximum atomic E-state index is 11.8. The number of ether oxygens (including phenoxy) is 1. The zero-order chi connectivity index (χ0) is 15.8. The molecule has 1 aromatic heterocycles.